The van der Waals surface area contributed by atoms with Crippen LogP contribution in [-0.2, 0) is 66.9 Å². The molecule has 3 aliphatic rings. The van der Waals surface area contributed by atoms with Crippen molar-refractivity contribution >= 4 is 129 Å². The molecule has 0 fully saturated rings. The Morgan fingerprint density at radius 3 is 1.99 bits per heavy atom. The molecule has 98 heavy (non-hydrogen) atoms. The summed E-state index contributed by atoms with van der Waals surface area (Å²) in [5.74, 6) is -4.14. The van der Waals surface area contributed by atoms with Crippen molar-refractivity contribution in [1.82, 2.24) is 31.9 Å². The molecule has 2 bridgehead atoms. The number of cyclic esters (lactones) is 1. The quantitative estimate of drug-likeness (QED) is 0.00857. The van der Waals surface area contributed by atoms with Gasteiger partial charge in [-0.15, -0.1) is 23.5 Å². The van der Waals surface area contributed by atoms with E-state index in [2.05, 4.69) is 75.4 Å². The third-order valence-electron chi connectivity index (χ3n) is 15.0. The van der Waals surface area contributed by atoms with Crippen LogP contribution < -0.4 is 31.9 Å². The van der Waals surface area contributed by atoms with Crippen LogP contribution in [0, 0.1) is 11.8 Å². The number of carbonyl (C=O) groups excluding carboxylic acids is 11. The minimum absolute atomic E-state index is 0.0177. The smallest absolute Gasteiger partial charge is 0.407 e. The van der Waals surface area contributed by atoms with E-state index in [1.54, 1.807) is 80.5 Å². The second-order valence-electron chi connectivity index (χ2n) is 27.1. The van der Waals surface area contributed by atoms with Crippen molar-refractivity contribution in [2.45, 2.75) is 271 Å². The van der Waals surface area contributed by atoms with Crippen molar-refractivity contribution in [3.05, 3.63) is 47.9 Å². The van der Waals surface area contributed by atoms with E-state index in [-0.39, 0.29) is 76.5 Å². The molecule has 3 aliphatic heterocycles. The van der Waals surface area contributed by atoms with Gasteiger partial charge in [-0.3, -0.25) is 48.3 Å². The van der Waals surface area contributed by atoms with E-state index in [4.69, 9.17) is 18.9 Å². The summed E-state index contributed by atoms with van der Waals surface area (Å²) in [4.78, 5) is 150. The van der Waals surface area contributed by atoms with E-state index in [1.165, 1.54) is 78.5 Å². The summed E-state index contributed by atoms with van der Waals surface area (Å²) in [5.41, 5.74) is -0.714. The lowest BCUT2D eigenvalue weighted by molar-refractivity contribution is -0.156. The van der Waals surface area contributed by atoms with Crippen LogP contribution in [0.4, 0.5) is 4.79 Å². The summed E-state index contributed by atoms with van der Waals surface area (Å²) in [6.45, 7) is 30.5. The molecule has 0 aromatic rings. The van der Waals surface area contributed by atoms with Crippen LogP contribution in [0.3, 0.4) is 0 Å². The van der Waals surface area contributed by atoms with Gasteiger partial charge in [0, 0.05) is 42.9 Å². The van der Waals surface area contributed by atoms with Crippen molar-refractivity contribution in [3.63, 3.8) is 0 Å². The highest BCUT2D eigenvalue weighted by atomic mass is 32.2. The highest BCUT2D eigenvalue weighted by molar-refractivity contribution is 8.15. The number of unbranched alkanes of at least 4 members (excludes halogenated alkanes) is 8. The molecule has 6 amide bonds. The van der Waals surface area contributed by atoms with Crippen LogP contribution in [0.5, 0.6) is 0 Å². The van der Waals surface area contributed by atoms with Gasteiger partial charge in [0.15, 0.2) is 10.2 Å². The molecule has 0 aromatic heterocycles. The van der Waals surface area contributed by atoms with E-state index >= 15 is 0 Å². The summed E-state index contributed by atoms with van der Waals surface area (Å²) in [7, 11) is -1.44. The van der Waals surface area contributed by atoms with Crippen LogP contribution in [-0.4, -0.2) is 166 Å². The van der Waals surface area contributed by atoms with Crippen molar-refractivity contribution in [1.29, 1.82) is 0 Å². The largest absolute Gasteiger partial charge is 0.466 e. The maximum atomic E-state index is 13.6. The first-order chi connectivity index (χ1) is 46.2. The summed E-state index contributed by atoms with van der Waals surface area (Å²) in [6, 6.07) is -2.86. The molecule has 3 heterocycles. The van der Waals surface area contributed by atoms with Gasteiger partial charge in [-0.25, -0.2) is 14.4 Å². The number of aliphatic imine (C=N–C) groups is 2. The molecule has 552 valence electrons. The Morgan fingerprint density at radius 1 is 0.816 bits per heavy atom. The number of ether oxygens (including phenoxy) is 4. The van der Waals surface area contributed by atoms with Crippen molar-refractivity contribution in [2.75, 3.05) is 31.2 Å². The molecule has 28 heteroatoms. The molecule has 0 saturated heterocycles. The average molecular weight is 1460 g/mol. The lowest BCUT2D eigenvalue weighted by atomic mass is 10.0. The van der Waals surface area contributed by atoms with Crippen molar-refractivity contribution in [3.8, 4) is 0 Å². The molecule has 2 unspecified atom stereocenters. The van der Waals surface area contributed by atoms with Crippen LogP contribution in [0.15, 0.2) is 57.8 Å². The maximum absolute atomic E-state index is 13.6. The molecular weight excluding hydrogens is 1350 g/mol. The Morgan fingerprint density at radius 2 is 1.43 bits per heavy atom. The Kier molecular flexibility index (Phi) is 42.7. The van der Waals surface area contributed by atoms with E-state index in [0.717, 1.165) is 51.0 Å². The second-order valence-corrected chi connectivity index (χ2v) is 37.9. The predicted molar refractivity (Wildman–Crippen MR) is 398 cm³/mol. The lowest BCUT2D eigenvalue weighted by Crippen LogP contribution is -2.49. The monoisotopic (exact) mass is 1460 g/mol. The number of hydrogen-bond acceptors (Lipinski definition) is 21. The van der Waals surface area contributed by atoms with E-state index in [9.17, 15) is 52.7 Å². The zero-order valence-corrected chi connectivity index (χ0v) is 65.2. The SMILES string of the molecule is C/C=C(\NC(=O)C1N=C(CNC(=O)OC(C)(C)C)S[C@@H]1C)C(=O)N[C@H](C(=O)O[C@H](/C=C/CCSC(=O)CCCCCCC)CC(=O)OCC[Si](C)(C)C)C(C)C.C/C=C1\NC(=O)C2N=C(CNC(=O)C[C@@H](/C=C/CCSC(=O)CCCCCCC)OC(=O)[C@H](C(C)C)NC1=O)S[C@@H]2C. The van der Waals surface area contributed by atoms with Gasteiger partial charge in [0.05, 0.1) is 42.6 Å². The summed E-state index contributed by atoms with van der Waals surface area (Å²) >= 11 is 5.29. The first-order valence-corrected chi connectivity index (χ1v) is 42.1. The highest BCUT2D eigenvalue weighted by Gasteiger charge is 2.37. The number of nitrogens with zero attached hydrogens (tertiary/aromatic N) is 2. The standard InChI is InChI=1S/C40H68N4O9S2Si.C30H46N4O6S2/c1-12-14-15-16-17-21-33(46)54-23-19-18-20-29(25-32(45)51-22-24-56(9,10)11)52-38(49)34(27(3)4)44-36(47)30(13-2)42-37(48)35-28(5)55-31(43-35)26-41-39(50)53-40(6,7)8;1-6-8-9-10-11-15-25(36)41-16-13-12-14-21-17-23(35)31-18-24-33-27(20(5)42-24)29(38)32-22(7-2)28(37)34-26(19(3)4)30(39)40-21/h13,18,20,27-29,34-35H,12,14-17,19,21-26H2,1-11H3,(H,41,50)(H,42,48)(H,44,47);7,12,14,19-21,26-27H,6,8-11,13,15-18H2,1-5H3,(H,31,35)(H,32,38)(H,34,37)/b20-18+,30-13-;14-12+,22-7-/t28-,29-,34+,35?;20-,21-,26+,27?/m11/s1. The van der Waals surface area contributed by atoms with E-state index in [1.807, 2.05) is 19.9 Å². The van der Waals surface area contributed by atoms with Gasteiger partial charge in [-0.1, -0.05) is 174 Å². The number of allylic oxidation sites excluding steroid dienone is 4. The zero-order valence-electron chi connectivity index (χ0n) is 60.9. The number of fused-ring (bicyclic) bond motifs is 1. The minimum Gasteiger partial charge on any atom is -0.466 e. The molecule has 0 radical (unpaired) electrons. The summed E-state index contributed by atoms with van der Waals surface area (Å²) < 4.78 is 22.2. The van der Waals surface area contributed by atoms with Gasteiger partial charge in [-0.05, 0) is 90.3 Å². The van der Waals surface area contributed by atoms with Gasteiger partial charge >= 0.3 is 24.0 Å². The number of carbonyl (C=O) groups is 11. The Balaban J connectivity index is 0.000000693. The van der Waals surface area contributed by atoms with Gasteiger partial charge in [0.25, 0.3) is 11.8 Å². The summed E-state index contributed by atoms with van der Waals surface area (Å²) in [5, 5.41) is 17.1. The van der Waals surface area contributed by atoms with Gasteiger partial charge < -0.3 is 50.8 Å². The van der Waals surface area contributed by atoms with Gasteiger partial charge in [0.2, 0.25) is 17.7 Å². The molecule has 0 saturated carbocycles. The number of hydrogen-bond donors (Lipinski definition) is 6. The molecular formula is C70H114N8O15S4Si. The Labute approximate surface area is 600 Å². The molecule has 8 atom stereocenters. The fourth-order valence-electron chi connectivity index (χ4n) is 9.42. The van der Waals surface area contributed by atoms with Gasteiger partial charge in [-0.2, -0.15) is 0 Å². The Hall–Kier alpha value is -5.71. The van der Waals surface area contributed by atoms with Crippen molar-refractivity contribution < 1.29 is 71.7 Å². The highest BCUT2D eigenvalue weighted by Crippen LogP contribution is 2.29. The maximum Gasteiger partial charge on any atom is 0.407 e. The topological polar surface area (TPSA) is 322 Å². The van der Waals surface area contributed by atoms with Crippen LogP contribution in [0.2, 0.25) is 25.7 Å². The minimum atomic E-state index is -1.44. The zero-order chi connectivity index (χ0) is 73.5. The first-order valence-electron chi connectivity index (χ1n) is 34.7. The fourth-order valence-corrected chi connectivity index (χ4v) is 13.8. The fraction of sp³-hybridized carbons (Fsp3) is 0.700. The average Bonchev–Trinajstić information content (AvgIpc) is 1.71. The summed E-state index contributed by atoms with van der Waals surface area (Å²) in [6.07, 6.45) is 20.2. The number of esters is 3. The molecule has 6 N–H and O–H groups in total. The van der Waals surface area contributed by atoms with E-state index in [0.29, 0.717) is 47.3 Å². The predicted octanol–water partition coefficient (Wildman–Crippen LogP) is 11.4. The van der Waals surface area contributed by atoms with Crippen LogP contribution in [0.1, 0.15) is 193 Å². The molecule has 23 nitrogen and oxygen atoms in total. The van der Waals surface area contributed by atoms with E-state index < -0.39 is 104 Å². The normalized spacial score (nSPS) is 20.7. The van der Waals surface area contributed by atoms with Crippen molar-refractivity contribution in [2.24, 2.45) is 21.8 Å². The lowest BCUT2D eigenvalue weighted by Gasteiger charge is -2.24. The number of nitrogens with one attached hydrogen (secondary N) is 6. The van der Waals surface area contributed by atoms with Crippen LogP contribution in [0.25, 0.3) is 0 Å². The number of thioether (sulfide) groups is 4. The molecule has 0 aliphatic carbocycles. The number of amides is 6. The third-order valence-corrected chi connectivity index (χ3v) is 21.0. The molecule has 0 aromatic carbocycles. The Bertz CT molecular complexity index is 2830. The van der Waals surface area contributed by atoms with Crippen LogP contribution >= 0.6 is 47.0 Å². The first kappa shape index (κ1) is 88.4. The molecule has 0 spiro atoms. The number of rotatable bonds is 35. The third kappa shape index (κ3) is 37.6. The molecule has 3 rings (SSSR count). The number of alkyl carbamates (subject to hydrolysis) is 1. The van der Waals surface area contributed by atoms with Gasteiger partial charge in [0.1, 0.15) is 53.4 Å². The second kappa shape index (κ2) is 47.4.